The van der Waals surface area contributed by atoms with E-state index in [0.29, 0.717) is 150 Å². The van der Waals surface area contributed by atoms with E-state index in [2.05, 4.69) is 115 Å². The molecule has 0 spiro atoms. The van der Waals surface area contributed by atoms with Gasteiger partial charge in [-0.15, -0.1) is 0 Å². The number of amides is 8. The van der Waals surface area contributed by atoms with Crippen LogP contribution in [0.4, 0.5) is 4.39 Å². The number of guanidine groups is 4. The molecule has 4 aromatic carbocycles. The summed E-state index contributed by atoms with van der Waals surface area (Å²) < 4.78 is 17.3. The first-order chi connectivity index (χ1) is 67.9. The highest BCUT2D eigenvalue weighted by Gasteiger charge is 2.48. The van der Waals surface area contributed by atoms with Crippen LogP contribution in [0.5, 0.6) is 0 Å². The van der Waals surface area contributed by atoms with Gasteiger partial charge in [-0.1, -0.05) is 147 Å². The second-order valence-corrected chi connectivity index (χ2v) is 40.9. The monoisotopic (exact) mass is 2260 g/mol. The number of hydrogen-bond acceptors (Lipinski definition) is 20. The second kappa shape index (κ2) is 63.6. The van der Waals surface area contributed by atoms with Crippen LogP contribution in [0.2, 0.25) is 0 Å². The molecule has 13 atom stereocenters. The summed E-state index contributed by atoms with van der Waals surface area (Å²) >= 11 is 13.2. The average Bonchev–Trinajstić information content (AvgIpc) is 1.20. The van der Waals surface area contributed by atoms with E-state index in [9.17, 15) is 81.1 Å². The van der Waals surface area contributed by atoms with Gasteiger partial charge in [-0.05, 0) is 192 Å². The lowest BCUT2D eigenvalue weighted by Crippen LogP contribution is -2.61. The number of Topliss-reactive ketones (excluding diaryl/α,β-unsaturated/α-hetero) is 8. The standard InChI is InChI=1S/C27H37BrN6O4.C26H37BrFN5O4.C25H36BrN5O4.C24H36BrN5O4/c1-5-22(35)18(7-6-12-32-27(29)30)13-23(36)21-14-20(31-4)15-34(21)26(38)24(16(2)3)33-25(37)17-8-10-19(28)11-9-17;1-4-21(34)16(7-5-11-31-26(29)30)13-22(35)20-8-6-12-33(20)25(37)23(15(2)3)32-24(36)18-10-9-17(27)14-19(18)28;1-4-20(32)17(6-5-12-29-25(27)28)14-21(33)19-11-13-31(19)24(35)22(15(2)3)30-23(34)16-7-9-18(26)10-8-16;1-5-19(31)17(7-6-12-28-24(26)27)13-20(32)15(4)29-23(34)21(14(2)3)30-22(33)16-8-10-18(25)11-9-16/h8-11,16,18,20-21,24H,5-7,12-15H2,1-3H3,(H,33,37)(H4,29,30,32);9-10,14-16,20,23H,4-8,11-13H2,1-3H3,(H,32,36)(H4,29,30,31);7-10,15,17,19,22H,4-6,11-14H2,1-3H3,(H,30,34)(H4,27,28,29);8-11,14-15,17,21H,5-7,12-13H2,1-4H3,(H,29,34)(H,30,33)(H4,26,27,28)/t18-,20-,21+,24+;16-,20+,23+;17-,19+,22+;15-,17+,21-/m1110/s1. The minimum absolute atomic E-state index is 0.00463. The summed E-state index contributed by atoms with van der Waals surface area (Å²) in [7, 11) is 0. The van der Waals surface area contributed by atoms with E-state index in [1.54, 1.807) is 127 Å². The molecule has 0 aromatic heterocycles. The fourth-order valence-electron chi connectivity index (χ4n) is 16.6. The quantitative estimate of drug-likeness (QED) is 0.00845. The topological polar surface area (TPSA) is 605 Å². The Bertz CT molecular complexity index is 5200. The molecule has 0 unspecified atom stereocenters. The zero-order valence-corrected chi connectivity index (χ0v) is 91.0. The smallest absolute Gasteiger partial charge is 0.254 e. The maximum absolute atomic E-state index is 14.3. The van der Waals surface area contributed by atoms with Gasteiger partial charge >= 0.3 is 0 Å². The summed E-state index contributed by atoms with van der Waals surface area (Å²) in [6, 6.07) is 17.7. The fourth-order valence-corrected chi connectivity index (χ4v) is 17.7. The minimum Gasteiger partial charge on any atom is -0.370 e. The van der Waals surface area contributed by atoms with Crippen molar-refractivity contribution in [2.24, 2.45) is 113 Å². The normalized spacial score (nSPS) is 16.4. The number of benzene rings is 4. The van der Waals surface area contributed by atoms with E-state index in [1.807, 2.05) is 41.5 Å². The van der Waals surface area contributed by atoms with E-state index in [1.165, 1.54) is 26.8 Å². The highest BCUT2D eigenvalue weighted by molar-refractivity contribution is 9.11. The predicted octanol–water partition coefficient (Wildman–Crippen LogP) is 10.4. The molecular formula is C102H146Br4FN21O16. The zero-order valence-electron chi connectivity index (χ0n) is 84.7. The third-order valence-corrected chi connectivity index (χ3v) is 27.0. The molecule has 0 radical (unpaired) electrons. The number of ketones is 8. The van der Waals surface area contributed by atoms with Gasteiger partial charge in [-0.3, -0.25) is 96.7 Å². The van der Waals surface area contributed by atoms with Crippen LogP contribution in [0.25, 0.3) is 4.85 Å². The van der Waals surface area contributed by atoms with Crippen molar-refractivity contribution in [3.63, 3.8) is 0 Å². The van der Waals surface area contributed by atoms with Crippen LogP contribution in [0.1, 0.15) is 260 Å². The van der Waals surface area contributed by atoms with Crippen LogP contribution in [-0.4, -0.2) is 232 Å². The minimum atomic E-state index is -0.934. The Labute approximate surface area is 877 Å². The highest BCUT2D eigenvalue weighted by Crippen LogP contribution is 2.32. The predicted molar refractivity (Wildman–Crippen MR) is 567 cm³/mol. The fraction of sp³-hybridized carbons (Fsp3) is 0.559. The number of aliphatic imine (C=N–C) groups is 4. The first-order valence-corrected chi connectivity index (χ1v) is 52.1. The van der Waals surface area contributed by atoms with Crippen molar-refractivity contribution in [1.29, 1.82) is 0 Å². The molecule has 0 aliphatic carbocycles. The van der Waals surface area contributed by atoms with Crippen LogP contribution in [0, 0.1) is 59.7 Å². The van der Waals surface area contributed by atoms with Gasteiger partial charge in [0.25, 0.3) is 23.6 Å². The molecule has 42 heteroatoms. The first kappa shape index (κ1) is 125. The molecule has 3 aliphatic heterocycles. The third kappa shape index (κ3) is 41.9. The van der Waals surface area contributed by atoms with Crippen LogP contribution in [0.3, 0.4) is 0 Å². The highest BCUT2D eigenvalue weighted by atomic mass is 79.9. The summed E-state index contributed by atoms with van der Waals surface area (Å²) in [5, 5.41) is 13.7. The SMILES string of the molecule is CCC(=O)[C@H](CCCN=C(N)N)CC(=O)[C@@H]1CCCN1C(=O)[C@@H](NC(=O)c1ccc(Br)cc1F)C(C)C.CCC(=O)[C@H](CCCN=C(N)N)CC(=O)[C@@H]1CCN1C(=O)[C@@H](NC(=O)c1ccc(Br)cc1)C(C)C.CCC(=O)[C@H](CCCN=C(N)N)CC(=O)[C@H](C)NC(=O)[C@@H](NC(=O)c1ccc(Br)cc1)C(C)C.[C-]#[N+][C@@H]1C[C@@H](C(=O)C[C@@H](CCCN=C(N)N)C(=O)CC)N(C(=O)[C@@H](NC(=O)c2ccc(Br)cc2)C(C)C)C1. The number of nitrogens with zero attached hydrogens (tertiary/aromatic N) is 8. The zero-order chi connectivity index (χ0) is 108. The first-order valence-electron chi connectivity index (χ1n) is 48.9. The number of likely N-dealkylation sites (tertiary alicyclic amines) is 3. The van der Waals surface area contributed by atoms with Crippen molar-refractivity contribution >= 4 is 181 Å². The van der Waals surface area contributed by atoms with Gasteiger partial charge in [-0.2, -0.15) is 0 Å². The Balaban J connectivity index is 0.000000401. The van der Waals surface area contributed by atoms with Crippen LogP contribution in [0.15, 0.2) is 129 Å². The second-order valence-electron chi connectivity index (χ2n) is 37.3. The summed E-state index contributed by atoms with van der Waals surface area (Å²) in [6.07, 6.45) is 7.42. The Morgan fingerprint density at radius 2 is 0.694 bits per heavy atom. The molecule has 0 saturated carbocycles. The number of hydrogen-bond donors (Lipinski definition) is 13. The van der Waals surface area contributed by atoms with E-state index in [-0.39, 0.29) is 168 Å². The van der Waals surface area contributed by atoms with Gasteiger partial charge in [0.15, 0.2) is 47.0 Å². The largest absolute Gasteiger partial charge is 0.370 e. The molecule has 0 bridgehead atoms. The van der Waals surface area contributed by atoms with Crippen molar-refractivity contribution in [2.45, 2.75) is 273 Å². The molecular weight excluding hydrogens is 2110 g/mol. The Morgan fingerprint density at radius 3 is 1.01 bits per heavy atom. The number of halogens is 5. The van der Waals surface area contributed by atoms with Crippen molar-refractivity contribution in [2.75, 3.05) is 45.8 Å². The summed E-state index contributed by atoms with van der Waals surface area (Å²) in [5.74, 6) is -7.74. The Hall–Kier alpha value is -11.6. The van der Waals surface area contributed by atoms with E-state index in [0.717, 1.165) is 13.4 Å². The van der Waals surface area contributed by atoms with Gasteiger partial charge in [0.2, 0.25) is 29.7 Å². The van der Waals surface area contributed by atoms with Crippen molar-refractivity contribution in [1.82, 2.24) is 41.3 Å². The number of nitrogens with one attached hydrogen (secondary N) is 5. The van der Waals surface area contributed by atoms with Gasteiger partial charge in [0.05, 0.1) is 42.7 Å². The Kier molecular flexibility index (Phi) is 55.1. The van der Waals surface area contributed by atoms with Crippen LogP contribution < -0.4 is 72.5 Å². The molecule has 21 N–H and O–H groups in total. The van der Waals surface area contributed by atoms with Crippen molar-refractivity contribution in [3.8, 4) is 0 Å². The van der Waals surface area contributed by atoms with Crippen LogP contribution in [-0.2, 0) is 57.5 Å². The lowest BCUT2D eigenvalue weighted by Gasteiger charge is -2.42. The number of carbonyl (C=O) groups is 16. The van der Waals surface area contributed by atoms with Crippen LogP contribution >= 0.6 is 63.7 Å². The maximum atomic E-state index is 14.3. The molecule has 8 amide bonds. The lowest BCUT2D eigenvalue weighted by atomic mass is 9.85. The van der Waals surface area contributed by atoms with Gasteiger partial charge in [-0.25, -0.2) is 11.0 Å². The average molecular weight is 2260 g/mol. The number of nitrogens with two attached hydrogens (primary N) is 8. The molecule has 144 heavy (non-hydrogen) atoms. The third-order valence-electron chi connectivity index (χ3n) is 25.0. The number of rotatable bonds is 53. The Morgan fingerprint density at radius 1 is 0.389 bits per heavy atom. The van der Waals surface area contributed by atoms with E-state index >= 15 is 0 Å². The number of carbonyl (C=O) groups excluding carboxylic acids is 16. The molecule has 3 fully saturated rings. The molecule has 790 valence electrons. The molecule has 3 saturated heterocycles. The van der Waals surface area contributed by atoms with Gasteiger partial charge in [0, 0.05) is 149 Å². The lowest BCUT2D eigenvalue weighted by molar-refractivity contribution is -0.149. The molecule has 7 rings (SSSR count). The van der Waals surface area contributed by atoms with Gasteiger partial charge < -0.3 is 92.0 Å². The molecule has 37 nitrogen and oxygen atoms in total. The molecule has 4 aromatic rings. The molecule has 3 aliphatic rings. The van der Waals surface area contributed by atoms with E-state index in [4.69, 9.17) is 52.4 Å². The summed E-state index contributed by atoms with van der Waals surface area (Å²) in [6.45, 7) is 33.1. The summed E-state index contributed by atoms with van der Waals surface area (Å²) in [4.78, 5) is 230. The maximum Gasteiger partial charge on any atom is 0.254 e. The molecule has 3 heterocycles. The van der Waals surface area contributed by atoms with Crippen molar-refractivity contribution < 1.29 is 81.1 Å². The van der Waals surface area contributed by atoms with Crippen molar-refractivity contribution in [3.05, 3.63) is 148 Å². The van der Waals surface area contributed by atoms with Gasteiger partial charge in [0.1, 0.15) is 53.1 Å². The van der Waals surface area contributed by atoms with E-state index < -0.39 is 107 Å². The summed E-state index contributed by atoms with van der Waals surface area (Å²) in [5.41, 5.74) is 43.8.